The number of likely N-dealkylation sites (tertiary alicyclic amines) is 1. The predicted molar refractivity (Wildman–Crippen MR) is 131 cm³/mol. The third-order valence-electron chi connectivity index (χ3n) is 6.27. The fourth-order valence-electron chi connectivity index (χ4n) is 4.54. The van der Waals surface area contributed by atoms with Crippen molar-refractivity contribution in [2.75, 3.05) is 30.3 Å². The second-order valence-corrected chi connectivity index (χ2v) is 8.67. The van der Waals surface area contributed by atoms with E-state index in [0.29, 0.717) is 5.95 Å². The van der Waals surface area contributed by atoms with Crippen LogP contribution in [0.2, 0.25) is 0 Å². The van der Waals surface area contributed by atoms with Gasteiger partial charge in [-0.1, -0.05) is 12.0 Å². The van der Waals surface area contributed by atoms with Gasteiger partial charge in [-0.2, -0.15) is 0 Å². The number of hydrogen-bond donors (Lipinski definition) is 2. The number of rotatable bonds is 6. The number of carbonyl (C=O) groups excluding carboxylic acids is 1. The number of benzene rings is 2. The van der Waals surface area contributed by atoms with E-state index in [4.69, 9.17) is 11.4 Å². The normalized spacial score (nSPS) is 15.2. The maximum atomic E-state index is 12.4. The first-order valence-corrected chi connectivity index (χ1v) is 11.5. The van der Waals surface area contributed by atoms with Gasteiger partial charge in [-0.25, -0.2) is 9.97 Å². The summed E-state index contributed by atoms with van der Waals surface area (Å²) in [6.07, 6.45) is 12.2. The molecule has 0 radical (unpaired) electrons. The summed E-state index contributed by atoms with van der Waals surface area (Å²) in [4.78, 5) is 24.2. The number of fused-ring (bicyclic) bond motifs is 3. The first-order chi connectivity index (χ1) is 16.2. The summed E-state index contributed by atoms with van der Waals surface area (Å²) in [6.45, 7) is 3.59. The SMILES string of the molecule is C#Cc1ccc(Nc2ncc3c(n2)-c2cc(CCCN4CCCC4)ccc2NC(=O)C3)cc1. The summed E-state index contributed by atoms with van der Waals surface area (Å²) in [5.74, 6) is 3.05. The maximum Gasteiger partial charge on any atom is 0.228 e. The molecule has 0 bridgehead atoms. The standard InChI is InChI=1S/C27H27N5O/c1-2-19-7-10-22(11-8-19)29-27-28-18-21-17-25(33)30-24-12-9-20(16-23(24)26(21)31-27)6-5-15-32-13-3-4-14-32/h1,7-12,16,18H,3-6,13-15,17H2,(H,30,33)(H,28,29,31). The Labute approximate surface area is 194 Å². The molecule has 1 saturated heterocycles. The zero-order chi connectivity index (χ0) is 22.6. The van der Waals surface area contributed by atoms with E-state index in [1.54, 1.807) is 6.20 Å². The molecule has 0 atom stereocenters. The molecule has 0 aliphatic carbocycles. The van der Waals surface area contributed by atoms with Crippen molar-refractivity contribution in [2.24, 2.45) is 0 Å². The van der Waals surface area contributed by atoms with Crippen LogP contribution in [0.4, 0.5) is 17.3 Å². The summed E-state index contributed by atoms with van der Waals surface area (Å²) in [7, 11) is 0. The zero-order valence-corrected chi connectivity index (χ0v) is 18.6. The van der Waals surface area contributed by atoms with Crippen LogP contribution >= 0.6 is 0 Å². The van der Waals surface area contributed by atoms with Gasteiger partial charge >= 0.3 is 0 Å². The molecule has 2 aliphatic rings. The minimum Gasteiger partial charge on any atom is -0.325 e. The van der Waals surface area contributed by atoms with Crippen molar-refractivity contribution in [2.45, 2.75) is 32.1 Å². The van der Waals surface area contributed by atoms with Crippen LogP contribution in [0, 0.1) is 12.3 Å². The molecule has 5 rings (SSSR count). The van der Waals surface area contributed by atoms with Gasteiger partial charge in [0.1, 0.15) is 0 Å². The lowest BCUT2D eigenvalue weighted by molar-refractivity contribution is -0.115. The highest BCUT2D eigenvalue weighted by molar-refractivity contribution is 6.00. The number of nitrogens with zero attached hydrogens (tertiary/aromatic N) is 3. The third kappa shape index (κ3) is 4.89. The van der Waals surface area contributed by atoms with Gasteiger partial charge in [0, 0.05) is 28.6 Å². The second-order valence-electron chi connectivity index (χ2n) is 8.67. The number of aromatic nitrogens is 2. The van der Waals surface area contributed by atoms with Crippen LogP contribution < -0.4 is 10.6 Å². The van der Waals surface area contributed by atoms with Crippen LogP contribution in [0.1, 0.15) is 36.0 Å². The lowest BCUT2D eigenvalue weighted by atomic mass is 10.00. The Morgan fingerprint density at radius 1 is 1.12 bits per heavy atom. The van der Waals surface area contributed by atoms with E-state index in [1.165, 1.54) is 31.5 Å². The van der Waals surface area contributed by atoms with Gasteiger partial charge in [0.25, 0.3) is 0 Å². The van der Waals surface area contributed by atoms with E-state index < -0.39 is 0 Å². The summed E-state index contributed by atoms with van der Waals surface area (Å²) >= 11 is 0. The summed E-state index contributed by atoms with van der Waals surface area (Å²) in [6, 6.07) is 13.8. The molecule has 3 aromatic rings. The Morgan fingerprint density at radius 2 is 1.94 bits per heavy atom. The number of anilines is 3. The fraction of sp³-hybridized carbons (Fsp3) is 0.296. The molecule has 6 heteroatoms. The third-order valence-corrected chi connectivity index (χ3v) is 6.27. The number of terminal acetylenes is 1. The summed E-state index contributed by atoms with van der Waals surface area (Å²) in [5.41, 5.74) is 6.30. The predicted octanol–water partition coefficient (Wildman–Crippen LogP) is 4.39. The number of carbonyl (C=O) groups is 1. The molecule has 3 heterocycles. The summed E-state index contributed by atoms with van der Waals surface area (Å²) in [5, 5.41) is 6.27. The number of hydrogen-bond acceptors (Lipinski definition) is 5. The van der Waals surface area contributed by atoms with E-state index in [1.807, 2.05) is 30.3 Å². The zero-order valence-electron chi connectivity index (χ0n) is 18.6. The molecule has 166 valence electrons. The highest BCUT2D eigenvalue weighted by Crippen LogP contribution is 2.34. The molecule has 33 heavy (non-hydrogen) atoms. The molecule has 1 amide bonds. The van der Waals surface area contributed by atoms with Crippen molar-refractivity contribution in [3.63, 3.8) is 0 Å². The van der Waals surface area contributed by atoms with Crippen LogP contribution in [0.3, 0.4) is 0 Å². The monoisotopic (exact) mass is 437 g/mol. The molecule has 0 unspecified atom stereocenters. The molecule has 1 fully saturated rings. The van der Waals surface area contributed by atoms with Crippen molar-refractivity contribution in [3.8, 4) is 23.6 Å². The Balaban J connectivity index is 1.40. The fourth-order valence-corrected chi connectivity index (χ4v) is 4.54. The van der Waals surface area contributed by atoms with Crippen molar-refractivity contribution in [1.82, 2.24) is 14.9 Å². The van der Waals surface area contributed by atoms with Crippen molar-refractivity contribution in [1.29, 1.82) is 0 Å². The van der Waals surface area contributed by atoms with Crippen molar-refractivity contribution >= 4 is 23.2 Å². The summed E-state index contributed by atoms with van der Waals surface area (Å²) < 4.78 is 0. The Bertz CT molecular complexity index is 1210. The van der Waals surface area contributed by atoms with E-state index in [9.17, 15) is 4.79 Å². The lowest BCUT2D eigenvalue weighted by Gasteiger charge is -2.15. The highest BCUT2D eigenvalue weighted by Gasteiger charge is 2.21. The first kappa shape index (κ1) is 21.2. The highest BCUT2D eigenvalue weighted by atomic mass is 16.1. The van der Waals surface area contributed by atoms with Crippen LogP contribution in [0.25, 0.3) is 11.3 Å². The molecular formula is C27H27N5O. The molecule has 6 nitrogen and oxygen atoms in total. The van der Waals surface area contributed by atoms with Gasteiger partial charge in [0.15, 0.2) is 0 Å². The minimum absolute atomic E-state index is 0.0500. The van der Waals surface area contributed by atoms with E-state index in [2.05, 4.69) is 38.6 Å². The quantitative estimate of drug-likeness (QED) is 0.560. The van der Waals surface area contributed by atoms with Gasteiger partial charge in [-0.15, -0.1) is 6.42 Å². The average Bonchev–Trinajstić information content (AvgIpc) is 3.30. The van der Waals surface area contributed by atoms with Crippen LogP contribution in [-0.4, -0.2) is 40.4 Å². The second kappa shape index (κ2) is 9.43. The van der Waals surface area contributed by atoms with Crippen molar-refractivity contribution < 1.29 is 4.79 Å². The molecular weight excluding hydrogens is 410 g/mol. The smallest absolute Gasteiger partial charge is 0.228 e. The Hall–Kier alpha value is -3.69. The largest absolute Gasteiger partial charge is 0.325 e. The number of aryl methyl sites for hydroxylation is 1. The maximum absolute atomic E-state index is 12.4. The Kier molecular flexibility index (Phi) is 6.05. The lowest BCUT2D eigenvalue weighted by Crippen LogP contribution is -2.20. The van der Waals surface area contributed by atoms with Gasteiger partial charge < -0.3 is 15.5 Å². The van der Waals surface area contributed by atoms with Crippen LogP contribution in [-0.2, 0) is 17.6 Å². The molecule has 2 aromatic carbocycles. The van der Waals surface area contributed by atoms with E-state index in [-0.39, 0.29) is 12.3 Å². The first-order valence-electron chi connectivity index (χ1n) is 11.5. The Morgan fingerprint density at radius 3 is 2.73 bits per heavy atom. The van der Waals surface area contributed by atoms with Gasteiger partial charge in [-0.05, 0) is 87.3 Å². The average molecular weight is 438 g/mol. The van der Waals surface area contributed by atoms with Crippen molar-refractivity contribution in [3.05, 3.63) is 65.4 Å². The van der Waals surface area contributed by atoms with Gasteiger partial charge in [-0.3, -0.25) is 4.79 Å². The van der Waals surface area contributed by atoms with Gasteiger partial charge in [0.2, 0.25) is 11.9 Å². The van der Waals surface area contributed by atoms with E-state index in [0.717, 1.165) is 53.1 Å². The molecule has 0 spiro atoms. The molecule has 0 saturated carbocycles. The molecule has 2 N–H and O–H groups in total. The number of nitrogens with one attached hydrogen (secondary N) is 2. The van der Waals surface area contributed by atoms with Gasteiger partial charge in [0.05, 0.1) is 17.8 Å². The molecule has 1 aromatic heterocycles. The topological polar surface area (TPSA) is 70.2 Å². The minimum atomic E-state index is -0.0500. The van der Waals surface area contributed by atoms with Crippen LogP contribution in [0.15, 0.2) is 48.7 Å². The van der Waals surface area contributed by atoms with Crippen LogP contribution in [0.5, 0.6) is 0 Å². The van der Waals surface area contributed by atoms with E-state index >= 15 is 0 Å². The number of amides is 1. The molecule has 2 aliphatic heterocycles.